The number of likely N-dealkylation sites (tertiary alicyclic amines) is 1. The first-order valence-corrected chi connectivity index (χ1v) is 6.30. The molecule has 0 bridgehead atoms. The highest BCUT2D eigenvalue weighted by Crippen LogP contribution is 2.04. The first-order chi connectivity index (χ1) is 6.03. The van der Waals surface area contributed by atoms with E-state index in [2.05, 4.69) is 0 Å². The van der Waals surface area contributed by atoms with Crippen molar-refractivity contribution in [2.24, 2.45) is 0 Å². The molecule has 0 radical (unpaired) electrons. The highest BCUT2D eigenvalue weighted by Gasteiger charge is 2.20. The van der Waals surface area contributed by atoms with Crippen molar-refractivity contribution in [1.29, 1.82) is 0 Å². The molecule has 0 spiro atoms. The molecule has 0 aromatic rings. The summed E-state index contributed by atoms with van der Waals surface area (Å²) in [7, 11) is -2.88. The zero-order valence-corrected chi connectivity index (χ0v) is 8.64. The maximum Gasteiger partial charge on any atom is 0.151 e. The van der Waals surface area contributed by atoms with Crippen molar-refractivity contribution < 1.29 is 13.2 Å². The fourth-order valence-electron chi connectivity index (χ4n) is 1.29. The first-order valence-electron chi connectivity index (χ1n) is 4.48. The van der Waals surface area contributed by atoms with Gasteiger partial charge in [-0.3, -0.25) is 9.69 Å². The van der Waals surface area contributed by atoms with E-state index in [4.69, 9.17) is 0 Å². The van der Waals surface area contributed by atoms with Crippen molar-refractivity contribution in [2.45, 2.75) is 13.3 Å². The smallest absolute Gasteiger partial charge is 0.151 e. The quantitative estimate of drug-likeness (QED) is 0.632. The molecule has 0 atom stereocenters. The van der Waals surface area contributed by atoms with Crippen LogP contribution in [-0.2, 0) is 14.6 Å². The Labute approximate surface area is 78.8 Å². The minimum atomic E-state index is -2.88. The second-order valence-electron chi connectivity index (χ2n) is 3.30. The maximum absolute atomic E-state index is 11.1. The monoisotopic (exact) mass is 205 g/mol. The molecule has 0 N–H and O–H groups in total. The molecule has 0 aliphatic carbocycles. The predicted octanol–water partition coefficient (Wildman–Crippen LogP) is -0.304. The number of hydrogen-bond donors (Lipinski definition) is 0. The summed E-state index contributed by atoms with van der Waals surface area (Å²) in [4.78, 5) is 12.8. The normalized spacial score (nSPS) is 19.6. The maximum atomic E-state index is 11.1. The van der Waals surface area contributed by atoms with E-state index >= 15 is 0 Å². The van der Waals surface area contributed by atoms with Crippen LogP contribution >= 0.6 is 0 Å². The Hall–Kier alpha value is -0.420. The van der Waals surface area contributed by atoms with Gasteiger partial charge in [0.15, 0.2) is 9.84 Å². The largest absolute Gasteiger partial charge is 0.298 e. The van der Waals surface area contributed by atoms with Crippen LogP contribution in [0.25, 0.3) is 0 Å². The molecule has 0 saturated carbocycles. The van der Waals surface area contributed by atoms with E-state index in [9.17, 15) is 13.2 Å². The molecular weight excluding hydrogens is 190 g/mol. The molecule has 4 nitrogen and oxygen atoms in total. The van der Waals surface area contributed by atoms with Crippen LogP contribution < -0.4 is 0 Å². The van der Waals surface area contributed by atoms with Crippen LogP contribution in [0.1, 0.15) is 13.3 Å². The summed E-state index contributed by atoms with van der Waals surface area (Å²) in [5.74, 6) is 0.583. The zero-order valence-electron chi connectivity index (χ0n) is 7.82. The Bertz CT molecular complexity index is 284. The molecule has 1 fully saturated rings. The van der Waals surface area contributed by atoms with Crippen LogP contribution in [0.3, 0.4) is 0 Å². The number of sulfone groups is 1. The van der Waals surface area contributed by atoms with Crippen LogP contribution in [0.4, 0.5) is 0 Å². The van der Waals surface area contributed by atoms with Crippen molar-refractivity contribution in [2.75, 3.05) is 31.1 Å². The highest BCUT2D eigenvalue weighted by molar-refractivity contribution is 7.91. The minimum Gasteiger partial charge on any atom is -0.298 e. The summed E-state index contributed by atoms with van der Waals surface area (Å²) in [5, 5.41) is 0. The molecule has 0 aromatic carbocycles. The third-order valence-corrected chi connectivity index (χ3v) is 3.95. The Morgan fingerprint density at radius 2 is 2.15 bits per heavy atom. The summed E-state index contributed by atoms with van der Waals surface area (Å²) in [6.45, 7) is 3.30. The van der Waals surface area contributed by atoms with Gasteiger partial charge in [-0.25, -0.2) is 8.42 Å². The van der Waals surface area contributed by atoms with Crippen molar-refractivity contribution in [3.8, 4) is 0 Å². The fourth-order valence-corrected chi connectivity index (χ4v) is 2.12. The molecule has 1 aliphatic rings. The van der Waals surface area contributed by atoms with E-state index in [-0.39, 0.29) is 17.3 Å². The molecule has 1 rings (SSSR count). The van der Waals surface area contributed by atoms with E-state index < -0.39 is 9.84 Å². The number of ketones is 1. The molecule has 1 heterocycles. The summed E-state index contributed by atoms with van der Waals surface area (Å²) in [6, 6.07) is 0. The highest BCUT2D eigenvalue weighted by atomic mass is 32.2. The minimum absolute atomic E-state index is 0.177. The summed E-state index contributed by atoms with van der Waals surface area (Å²) < 4.78 is 22.3. The molecule has 0 unspecified atom stereocenters. The third kappa shape index (κ3) is 3.44. The van der Waals surface area contributed by atoms with Gasteiger partial charge in [0.2, 0.25) is 0 Å². The van der Waals surface area contributed by atoms with Crippen molar-refractivity contribution in [1.82, 2.24) is 4.90 Å². The number of carbonyl (C=O) groups is 1. The van der Waals surface area contributed by atoms with E-state index in [1.165, 1.54) is 0 Å². The van der Waals surface area contributed by atoms with Crippen LogP contribution in [0, 0.1) is 0 Å². The van der Waals surface area contributed by atoms with E-state index in [0.29, 0.717) is 19.5 Å². The van der Waals surface area contributed by atoms with Gasteiger partial charge in [0.25, 0.3) is 0 Å². The summed E-state index contributed by atoms with van der Waals surface area (Å²) >= 11 is 0. The topological polar surface area (TPSA) is 54.5 Å². The summed E-state index contributed by atoms with van der Waals surface area (Å²) in [6.07, 6.45) is 0.576. The molecular formula is C8H15NO3S. The van der Waals surface area contributed by atoms with Crippen LogP contribution in [0.5, 0.6) is 0 Å². The van der Waals surface area contributed by atoms with Crippen LogP contribution in [0.15, 0.2) is 0 Å². The Kier molecular flexibility index (Phi) is 3.44. The Morgan fingerprint density at radius 3 is 2.62 bits per heavy atom. The van der Waals surface area contributed by atoms with Crippen molar-refractivity contribution in [3.05, 3.63) is 0 Å². The van der Waals surface area contributed by atoms with Gasteiger partial charge < -0.3 is 0 Å². The van der Waals surface area contributed by atoms with E-state index in [1.807, 2.05) is 4.90 Å². The molecule has 1 saturated heterocycles. The fraction of sp³-hybridized carbons (Fsp3) is 0.875. The lowest BCUT2D eigenvalue weighted by Crippen LogP contribution is -2.28. The van der Waals surface area contributed by atoms with Gasteiger partial charge in [-0.2, -0.15) is 0 Å². The predicted molar refractivity (Wildman–Crippen MR) is 50.4 cm³/mol. The molecule has 0 amide bonds. The molecule has 1 aliphatic heterocycles. The van der Waals surface area contributed by atoms with Gasteiger partial charge in [0, 0.05) is 25.3 Å². The van der Waals surface area contributed by atoms with Crippen molar-refractivity contribution >= 4 is 15.6 Å². The second-order valence-corrected chi connectivity index (χ2v) is 5.77. The molecule has 0 aromatic heterocycles. The Balaban J connectivity index is 2.31. The summed E-state index contributed by atoms with van der Waals surface area (Å²) in [5.41, 5.74) is 0. The molecule has 13 heavy (non-hydrogen) atoms. The number of nitrogens with zero attached hydrogens (tertiary/aromatic N) is 1. The lowest BCUT2D eigenvalue weighted by Gasteiger charge is -2.12. The van der Waals surface area contributed by atoms with Crippen molar-refractivity contribution in [3.63, 3.8) is 0 Å². The number of hydrogen-bond acceptors (Lipinski definition) is 4. The van der Waals surface area contributed by atoms with Gasteiger partial charge in [-0.1, -0.05) is 6.92 Å². The molecule has 76 valence electrons. The van der Waals surface area contributed by atoms with Crippen LogP contribution in [0.2, 0.25) is 0 Å². The second kappa shape index (κ2) is 4.19. The Morgan fingerprint density at radius 1 is 1.46 bits per heavy atom. The van der Waals surface area contributed by atoms with Gasteiger partial charge in [0.1, 0.15) is 5.78 Å². The van der Waals surface area contributed by atoms with Gasteiger partial charge in [-0.05, 0) is 0 Å². The average molecular weight is 205 g/mol. The van der Waals surface area contributed by atoms with Gasteiger partial charge in [0.05, 0.1) is 12.3 Å². The lowest BCUT2D eigenvalue weighted by molar-refractivity contribution is -0.116. The number of rotatable bonds is 4. The molecule has 5 heteroatoms. The first kappa shape index (κ1) is 10.7. The van der Waals surface area contributed by atoms with E-state index in [1.54, 1.807) is 6.92 Å². The number of carbonyl (C=O) groups excluding carboxylic acids is 1. The number of Topliss-reactive ketones (excluding diaryl/α,β-unsaturated/α-hetero) is 1. The standard InChI is InChI=1S/C8H15NO3S/c1-2-13(11,12)6-5-9-4-3-8(10)7-9/h2-7H2,1H3. The van der Waals surface area contributed by atoms with Gasteiger partial charge in [-0.15, -0.1) is 0 Å². The third-order valence-electron chi connectivity index (χ3n) is 2.27. The van der Waals surface area contributed by atoms with Crippen LogP contribution in [-0.4, -0.2) is 50.2 Å². The average Bonchev–Trinajstić information content (AvgIpc) is 2.48. The van der Waals surface area contributed by atoms with Gasteiger partial charge >= 0.3 is 0 Å². The lowest BCUT2D eigenvalue weighted by atomic mass is 10.4. The SMILES string of the molecule is CCS(=O)(=O)CCN1CCC(=O)C1. The van der Waals surface area contributed by atoms with E-state index in [0.717, 1.165) is 6.54 Å². The zero-order chi connectivity index (χ0) is 9.90.